The van der Waals surface area contributed by atoms with Crippen LogP contribution in [0.25, 0.3) is 0 Å². The van der Waals surface area contributed by atoms with Crippen molar-refractivity contribution in [3.05, 3.63) is 30.1 Å². The molecule has 1 aromatic rings. The summed E-state index contributed by atoms with van der Waals surface area (Å²) in [6.07, 6.45) is 4.90. The highest BCUT2D eigenvalue weighted by Gasteiger charge is 2.50. The fraction of sp³-hybridized carbons (Fsp3) is 0.500. The van der Waals surface area contributed by atoms with Crippen LogP contribution in [0.5, 0.6) is 0 Å². The predicted molar refractivity (Wildman–Crippen MR) is 67.6 cm³/mol. The van der Waals surface area contributed by atoms with E-state index in [1.54, 1.807) is 6.20 Å². The summed E-state index contributed by atoms with van der Waals surface area (Å²) in [6, 6.07) is 5.99. The number of carbonyl (C=O) groups is 1. The van der Waals surface area contributed by atoms with Crippen LogP contribution < -0.4 is 5.32 Å². The maximum Gasteiger partial charge on any atom is 0.240 e. The van der Waals surface area contributed by atoms with E-state index in [1.807, 2.05) is 18.3 Å². The van der Waals surface area contributed by atoms with E-state index in [2.05, 4.69) is 30.2 Å². The number of nitrogens with zero attached hydrogens (tertiary/aromatic N) is 2. The molecule has 2 rings (SSSR count). The van der Waals surface area contributed by atoms with E-state index >= 15 is 0 Å². The molecular weight excluding hydrogens is 226 g/mol. The van der Waals surface area contributed by atoms with Crippen LogP contribution in [0.2, 0.25) is 0 Å². The minimum absolute atomic E-state index is 0.137. The number of hydrogen-bond acceptors (Lipinski definition) is 3. The summed E-state index contributed by atoms with van der Waals surface area (Å²) in [5, 5.41) is 11.8. The normalized spacial score (nSPS) is 16.7. The summed E-state index contributed by atoms with van der Waals surface area (Å²) < 4.78 is 0. The quantitative estimate of drug-likeness (QED) is 0.876. The van der Waals surface area contributed by atoms with Gasteiger partial charge in [-0.15, -0.1) is 0 Å². The summed E-state index contributed by atoms with van der Waals surface area (Å²) in [4.78, 5) is 16.0. The third-order valence-corrected chi connectivity index (χ3v) is 3.53. The van der Waals surface area contributed by atoms with Crippen LogP contribution in [-0.4, -0.2) is 17.4 Å². The average Bonchev–Trinajstić information content (AvgIpc) is 3.18. The fourth-order valence-electron chi connectivity index (χ4n) is 1.85. The Kier molecular flexibility index (Phi) is 3.08. The van der Waals surface area contributed by atoms with E-state index < -0.39 is 5.41 Å². The van der Waals surface area contributed by atoms with Gasteiger partial charge in [-0.1, -0.05) is 19.9 Å². The van der Waals surface area contributed by atoms with Gasteiger partial charge in [-0.2, -0.15) is 5.26 Å². The Labute approximate surface area is 107 Å². The Hall–Kier alpha value is -1.89. The fourth-order valence-corrected chi connectivity index (χ4v) is 1.85. The molecule has 0 aliphatic heterocycles. The molecule has 4 heteroatoms. The highest BCUT2D eigenvalue weighted by Crippen LogP contribution is 2.45. The Morgan fingerprint density at radius 2 is 2.33 bits per heavy atom. The Bertz CT molecular complexity index is 484. The number of hydrogen-bond donors (Lipinski definition) is 1. The van der Waals surface area contributed by atoms with Crippen LogP contribution in [-0.2, 0) is 10.2 Å². The molecule has 0 bridgehead atoms. The first-order valence-corrected chi connectivity index (χ1v) is 6.10. The lowest BCUT2D eigenvalue weighted by atomic mass is 9.85. The number of nitrogens with one attached hydrogen (secondary N) is 1. The van der Waals surface area contributed by atoms with Crippen molar-refractivity contribution in [1.29, 1.82) is 5.26 Å². The van der Waals surface area contributed by atoms with E-state index in [-0.39, 0.29) is 11.3 Å². The molecule has 18 heavy (non-hydrogen) atoms. The van der Waals surface area contributed by atoms with E-state index in [1.165, 1.54) is 0 Å². The van der Waals surface area contributed by atoms with E-state index in [4.69, 9.17) is 5.26 Å². The number of pyridine rings is 1. The van der Waals surface area contributed by atoms with Crippen LogP contribution in [0.1, 0.15) is 32.3 Å². The molecular formula is C14H17N3O. The van der Waals surface area contributed by atoms with Crippen molar-refractivity contribution in [2.75, 3.05) is 6.54 Å². The number of amides is 1. The lowest BCUT2D eigenvalue weighted by Crippen LogP contribution is -2.40. The Balaban J connectivity index is 1.98. The largest absolute Gasteiger partial charge is 0.354 e. The SMILES string of the molecule is CC(C)(CNC(=O)C1(C#N)CC1)c1cccnc1. The number of carbonyl (C=O) groups excluding carboxylic acids is 1. The van der Waals surface area contributed by atoms with Gasteiger partial charge < -0.3 is 5.32 Å². The zero-order valence-corrected chi connectivity index (χ0v) is 10.7. The summed E-state index contributed by atoms with van der Waals surface area (Å²) in [5.74, 6) is -0.137. The highest BCUT2D eigenvalue weighted by molar-refractivity contribution is 5.88. The smallest absolute Gasteiger partial charge is 0.240 e. The molecule has 0 radical (unpaired) electrons. The van der Waals surface area contributed by atoms with Gasteiger partial charge in [0.2, 0.25) is 5.91 Å². The van der Waals surface area contributed by atoms with Gasteiger partial charge in [0.05, 0.1) is 6.07 Å². The second-order valence-corrected chi connectivity index (χ2v) is 5.50. The van der Waals surface area contributed by atoms with Gasteiger partial charge >= 0.3 is 0 Å². The van der Waals surface area contributed by atoms with Crippen LogP contribution in [0.15, 0.2) is 24.5 Å². The van der Waals surface area contributed by atoms with E-state index in [0.29, 0.717) is 19.4 Å². The molecule has 0 spiro atoms. The Morgan fingerprint density at radius 3 is 2.83 bits per heavy atom. The van der Waals surface area contributed by atoms with Crippen LogP contribution in [0.4, 0.5) is 0 Å². The van der Waals surface area contributed by atoms with Crippen molar-refractivity contribution in [3.8, 4) is 6.07 Å². The zero-order chi connectivity index (χ0) is 13.2. The summed E-state index contributed by atoms with van der Waals surface area (Å²) in [6.45, 7) is 4.62. The van der Waals surface area contributed by atoms with Gasteiger partial charge in [0.15, 0.2) is 0 Å². The number of aromatic nitrogens is 1. The lowest BCUT2D eigenvalue weighted by molar-refractivity contribution is -0.124. The molecule has 94 valence electrons. The molecule has 1 amide bonds. The Morgan fingerprint density at radius 1 is 1.61 bits per heavy atom. The zero-order valence-electron chi connectivity index (χ0n) is 10.7. The molecule has 0 saturated heterocycles. The standard InChI is InChI=1S/C14H17N3O/c1-13(2,11-4-3-7-16-8-11)10-17-12(18)14(9-15)5-6-14/h3-4,7-8H,5-6,10H2,1-2H3,(H,17,18). The van der Waals surface area contributed by atoms with Crippen LogP contribution in [0.3, 0.4) is 0 Å². The molecule has 1 N–H and O–H groups in total. The third kappa shape index (κ3) is 2.35. The van der Waals surface area contributed by atoms with Gasteiger partial charge in [-0.3, -0.25) is 9.78 Å². The average molecular weight is 243 g/mol. The topological polar surface area (TPSA) is 65.8 Å². The number of rotatable bonds is 4. The molecule has 4 nitrogen and oxygen atoms in total. The second-order valence-electron chi connectivity index (χ2n) is 5.50. The predicted octanol–water partition coefficient (Wildman–Crippen LogP) is 1.78. The summed E-state index contributed by atoms with van der Waals surface area (Å²) in [5.41, 5.74) is 0.146. The second kappa shape index (κ2) is 4.41. The van der Waals surface area contributed by atoms with Crippen molar-refractivity contribution in [3.63, 3.8) is 0 Å². The molecule has 0 aromatic carbocycles. The van der Waals surface area contributed by atoms with Gasteiger partial charge in [0.1, 0.15) is 5.41 Å². The minimum atomic E-state index is -0.745. The van der Waals surface area contributed by atoms with Gasteiger partial charge in [-0.25, -0.2) is 0 Å². The van der Waals surface area contributed by atoms with E-state index in [9.17, 15) is 4.79 Å². The first-order valence-electron chi connectivity index (χ1n) is 6.10. The van der Waals surface area contributed by atoms with Crippen molar-refractivity contribution >= 4 is 5.91 Å². The van der Waals surface area contributed by atoms with Gasteiger partial charge in [-0.05, 0) is 24.5 Å². The monoisotopic (exact) mass is 243 g/mol. The highest BCUT2D eigenvalue weighted by atomic mass is 16.2. The van der Waals surface area contributed by atoms with Crippen molar-refractivity contribution in [2.24, 2.45) is 5.41 Å². The maximum absolute atomic E-state index is 11.9. The molecule has 0 atom stereocenters. The van der Waals surface area contributed by atoms with Crippen molar-refractivity contribution < 1.29 is 4.79 Å². The number of nitriles is 1. The van der Waals surface area contributed by atoms with Gasteiger partial charge in [0.25, 0.3) is 0 Å². The van der Waals surface area contributed by atoms with Gasteiger partial charge in [0, 0.05) is 24.4 Å². The van der Waals surface area contributed by atoms with Crippen molar-refractivity contribution in [1.82, 2.24) is 10.3 Å². The molecule has 0 unspecified atom stereocenters. The maximum atomic E-state index is 11.9. The molecule has 1 aromatic heterocycles. The van der Waals surface area contributed by atoms with Crippen LogP contribution >= 0.6 is 0 Å². The molecule has 1 aliphatic carbocycles. The molecule has 1 fully saturated rings. The molecule has 1 saturated carbocycles. The first kappa shape index (κ1) is 12.6. The molecule has 1 aliphatic rings. The third-order valence-electron chi connectivity index (χ3n) is 3.53. The molecule has 1 heterocycles. The van der Waals surface area contributed by atoms with Crippen LogP contribution in [0, 0.1) is 16.7 Å². The van der Waals surface area contributed by atoms with Crippen molar-refractivity contribution in [2.45, 2.75) is 32.1 Å². The summed E-state index contributed by atoms with van der Waals surface area (Å²) in [7, 11) is 0. The minimum Gasteiger partial charge on any atom is -0.354 e. The lowest BCUT2D eigenvalue weighted by Gasteiger charge is -2.25. The first-order chi connectivity index (χ1) is 8.50. The summed E-state index contributed by atoms with van der Waals surface area (Å²) >= 11 is 0. The van der Waals surface area contributed by atoms with E-state index in [0.717, 1.165) is 5.56 Å².